The minimum Gasteiger partial charge on any atom is -0.361 e. The SMILES string of the molecule is Cc1noc(C2CC2)c1CN1CCNCC1. The van der Waals surface area contributed by atoms with E-state index in [1.54, 1.807) is 0 Å². The van der Waals surface area contributed by atoms with Crippen molar-refractivity contribution in [1.29, 1.82) is 0 Å². The van der Waals surface area contributed by atoms with E-state index in [-0.39, 0.29) is 0 Å². The minimum absolute atomic E-state index is 0.666. The highest BCUT2D eigenvalue weighted by atomic mass is 16.5. The van der Waals surface area contributed by atoms with Gasteiger partial charge in [0.1, 0.15) is 5.76 Å². The van der Waals surface area contributed by atoms with Gasteiger partial charge >= 0.3 is 0 Å². The number of hydrogen-bond acceptors (Lipinski definition) is 4. The molecule has 16 heavy (non-hydrogen) atoms. The van der Waals surface area contributed by atoms with Crippen LogP contribution in [-0.4, -0.2) is 36.2 Å². The summed E-state index contributed by atoms with van der Waals surface area (Å²) in [7, 11) is 0. The van der Waals surface area contributed by atoms with Crippen molar-refractivity contribution in [2.75, 3.05) is 26.2 Å². The molecule has 0 bridgehead atoms. The third-order valence-electron chi connectivity index (χ3n) is 3.55. The Morgan fingerprint density at radius 1 is 1.38 bits per heavy atom. The summed E-state index contributed by atoms with van der Waals surface area (Å²) in [6.07, 6.45) is 2.56. The van der Waals surface area contributed by atoms with Gasteiger partial charge in [0.15, 0.2) is 0 Å². The van der Waals surface area contributed by atoms with Crippen LogP contribution in [0, 0.1) is 6.92 Å². The molecule has 3 rings (SSSR count). The van der Waals surface area contributed by atoms with Crippen LogP contribution in [0.2, 0.25) is 0 Å². The molecule has 1 N–H and O–H groups in total. The number of nitrogens with one attached hydrogen (secondary N) is 1. The van der Waals surface area contributed by atoms with Crippen LogP contribution in [0.4, 0.5) is 0 Å². The predicted molar refractivity (Wildman–Crippen MR) is 61.4 cm³/mol. The van der Waals surface area contributed by atoms with E-state index < -0.39 is 0 Å². The van der Waals surface area contributed by atoms with Crippen molar-refractivity contribution in [2.45, 2.75) is 32.2 Å². The van der Waals surface area contributed by atoms with E-state index in [2.05, 4.69) is 22.3 Å². The maximum Gasteiger partial charge on any atom is 0.144 e. The van der Waals surface area contributed by atoms with Gasteiger partial charge in [0, 0.05) is 44.2 Å². The molecule has 1 aromatic heterocycles. The second-order valence-electron chi connectivity index (χ2n) is 4.91. The Hall–Kier alpha value is -0.870. The van der Waals surface area contributed by atoms with E-state index in [9.17, 15) is 0 Å². The maximum atomic E-state index is 5.47. The largest absolute Gasteiger partial charge is 0.361 e. The van der Waals surface area contributed by atoms with Crippen molar-refractivity contribution in [1.82, 2.24) is 15.4 Å². The van der Waals surface area contributed by atoms with Crippen LogP contribution < -0.4 is 5.32 Å². The smallest absolute Gasteiger partial charge is 0.144 e. The third-order valence-corrected chi connectivity index (χ3v) is 3.55. The van der Waals surface area contributed by atoms with Crippen molar-refractivity contribution in [2.24, 2.45) is 0 Å². The summed E-state index contributed by atoms with van der Waals surface area (Å²) >= 11 is 0. The van der Waals surface area contributed by atoms with Crippen molar-refractivity contribution < 1.29 is 4.52 Å². The average Bonchev–Trinajstić information content (AvgIpc) is 3.08. The summed E-state index contributed by atoms with van der Waals surface area (Å²) in [5.41, 5.74) is 2.44. The van der Waals surface area contributed by atoms with E-state index >= 15 is 0 Å². The zero-order chi connectivity index (χ0) is 11.0. The molecule has 1 saturated heterocycles. The molecule has 1 aliphatic heterocycles. The first-order valence-electron chi connectivity index (χ1n) is 6.22. The van der Waals surface area contributed by atoms with Crippen LogP contribution in [-0.2, 0) is 6.54 Å². The van der Waals surface area contributed by atoms with Crippen LogP contribution in [0.25, 0.3) is 0 Å². The van der Waals surface area contributed by atoms with Gasteiger partial charge in [-0.15, -0.1) is 0 Å². The third kappa shape index (κ3) is 1.99. The van der Waals surface area contributed by atoms with E-state index in [1.165, 1.54) is 18.4 Å². The lowest BCUT2D eigenvalue weighted by molar-refractivity contribution is 0.231. The summed E-state index contributed by atoms with van der Waals surface area (Å²) in [5, 5.41) is 7.50. The second kappa shape index (κ2) is 4.18. The van der Waals surface area contributed by atoms with Gasteiger partial charge in [0.2, 0.25) is 0 Å². The molecule has 1 aliphatic carbocycles. The normalized spacial score (nSPS) is 22.6. The molecule has 0 radical (unpaired) electrons. The molecule has 2 aliphatic rings. The molecule has 1 aromatic rings. The Labute approximate surface area is 96.0 Å². The monoisotopic (exact) mass is 221 g/mol. The first kappa shape index (κ1) is 10.3. The highest BCUT2D eigenvalue weighted by Crippen LogP contribution is 2.42. The molecule has 0 aromatic carbocycles. The number of hydrogen-bond donors (Lipinski definition) is 1. The Morgan fingerprint density at radius 3 is 2.81 bits per heavy atom. The van der Waals surface area contributed by atoms with E-state index in [1.807, 2.05) is 0 Å². The maximum absolute atomic E-state index is 5.47. The number of aryl methyl sites for hydroxylation is 1. The van der Waals surface area contributed by atoms with Crippen molar-refractivity contribution in [3.05, 3.63) is 17.0 Å². The fourth-order valence-corrected chi connectivity index (χ4v) is 2.36. The first-order chi connectivity index (χ1) is 7.84. The van der Waals surface area contributed by atoms with Gasteiger partial charge in [-0.05, 0) is 19.8 Å². The van der Waals surface area contributed by atoms with Gasteiger partial charge in [-0.25, -0.2) is 0 Å². The van der Waals surface area contributed by atoms with Gasteiger partial charge in [0.25, 0.3) is 0 Å². The van der Waals surface area contributed by atoms with Crippen molar-refractivity contribution in [3.8, 4) is 0 Å². The average molecular weight is 221 g/mol. The number of rotatable bonds is 3. The van der Waals surface area contributed by atoms with Gasteiger partial charge in [-0.3, -0.25) is 4.90 Å². The molecule has 4 heteroatoms. The van der Waals surface area contributed by atoms with Gasteiger partial charge in [-0.1, -0.05) is 5.16 Å². The number of nitrogens with zero attached hydrogens (tertiary/aromatic N) is 2. The summed E-state index contributed by atoms with van der Waals surface area (Å²) in [4.78, 5) is 2.49. The zero-order valence-electron chi connectivity index (χ0n) is 9.83. The molecule has 1 saturated carbocycles. The quantitative estimate of drug-likeness (QED) is 0.834. The Bertz CT molecular complexity index is 364. The zero-order valence-corrected chi connectivity index (χ0v) is 9.83. The molecule has 0 amide bonds. The van der Waals surface area contributed by atoms with Crippen LogP contribution in [0.1, 0.15) is 35.8 Å². The standard InChI is InChI=1S/C12H19N3O/c1-9-11(8-15-6-4-13-5-7-15)12(16-14-9)10-2-3-10/h10,13H,2-8H2,1H3. The van der Waals surface area contributed by atoms with E-state index in [0.29, 0.717) is 5.92 Å². The second-order valence-corrected chi connectivity index (χ2v) is 4.91. The summed E-state index contributed by atoms with van der Waals surface area (Å²) in [5.74, 6) is 1.83. The highest BCUT2D eigenvalue weighted by Gasteiger charge is 2.31. The number of piperazine rings is 1. The molecule has 2 fully saturated rings. The van der Waals surface area contributed by atoms with Crippen LogP contribution in [0.15, 0.2) is 4.52 Å². The molecule has 0 spiro atoms. The lowest BCUT2D eigenvalue weighted by atomic mass is 10.1. The Morgan fingerprint density at radius 2 is 2.12 bits per heavy atom. The molecule has 4 nitrogen and oxygen atoms in total. The van der Waals surface area contributed by atoms with E-state index in [0.717, 1.165) is 44.2 Å². The summed E-state index contributed by atoms with van der Waals surface area (Å²) in [6.45, 7) is 7.55. The van der Waals surface area contributed by atoms with E-state index in [4.69, 9.17) is 4.52 Å². The van der Waals surface area contributed by atoms with Gasteiger partial charge in [-0.2, -0.15) is 0 Å². The highest BCUT2D eigenvalue weighted by molar-refractivity contribution is 5.27. The van der Waals surface area contributed by atoms with Crippen LogP contribution >= 0.6 is 0 Å². The lowest BCUT2D eigenvalue weighted by Crippen LogP contribution is -2.43. The molecule has 2 heterocycles. The fourth-order valence-electron chi connectivity index (χ4n) is 2.36. The van der Waals surface area contributed by atoms with Crippen LogP contribution in [0.5, 0.6) is 0 Å². The molecule has 88 valence electrons. The van der Waals surface area contributed by atoms with Gasteiger partial charge in [0.05, 0.1) is 5.69 Å². The minimum atomic E-state index is 0.666. The molecular weight excluding hydrogens is 202 g/mol. The first-order valence-corrected chi connectivity index (χ1v) is 6.22. The molecule has 0 atom stereocenters. The van der Waals surface area contributed by atoms with Crippen LogP contribution in [0.3, 0.4) is 0 Å². The molecular formula is C12H19N3O. The lowest BCUT2D eigenvalue weighted by Gasteiger charge is -2.27. The van der Waals surface area contributed by atoms with Gasteiger partial charge < -0.3 is 9.84 Å². The summed E-state index contributed by atoms with van der Waals surface area (Å²) < 4.78 is 5.47. The fraction of sp³-hybridized carbons (Fsp3) is 0.750. The Balaban J connectivity index is 1.74. The van der Waals surface area contributed by atoms with Crippen molar-refractivity contribution in [3.63, 3.8) is 0 Å². The van der Waals surface area contributed by atoms with Crippen molar-refractivity contribution >= 4 is 0 Å². The summed E-state index contributed by atoms with van der Waals surface area (Å²) in [6, 6.07) is 0. The number of aromatic nitrogens is 1. The Kier molecular flexibility index (Phi) is 2.69. The predicted octanol–water partition coefficient (Wildman–Crippen LogP) is 1.27. The topological polar surface area (TPSA) is 41.3 Å². The molecule has 0 unspecified atom stereocenters.